The third kappa shape index (κ3) is 4.58. The number of anilines is 2. The third-order valence-corrected chi connectivity index (χ3v) is 9.88. The molecule has 206 valence electrons. The summed E-state index contributed by atoms with van der Waals surface area (Å²) in [4.78, 5) is 22.4. The van der Waals surface area contributed by atoms with Crippen LogP contribution >= 0.6 is 11.6 Å². The SMILES string of the molecule is CC1(C)[C@H]([C@H]2CCCCO2)[C@H]1C(=O)Nc1cc2cc(N3CCN([C@@]4(C)COC[C@H]4O)CC3)c(Cl)cc2cn1. The molecule has 2 N–H and O–H groups in total. The van der Waals surface area contributed by atoms with E-state index in [9.17, 15) is 9.90 Å². The van der Waals surface area contributed by atoms with E-state index in [1.165, 1.54) is 6.42 Å². The molecule has 5 atom stereocenters. The topological polar surface area (TPSA) is 87.2 Å². The second kappa shape index (κ2) is 9.89. The second-order valence-corrected chi connectivity index (χ2v) is 12.7. The first-order valence-corrected chi connectivity index (χ1v) is 14.3. The molecule has 0 spiro atoms. The zero-order valence-corrected chi connectivity index (χ0v) is 23.3. The minimum absolute atomic E-state index is 0.0258. The molecule has 3 aliphatic heterocycles. The number of hydrogen-bond acceptors (Lipinski definition) is 7. The summed E-state index contributed by atoms with van der Waals surface area (Å²) in [6.45, 7) is 11.4. The summed E-state index contributed by atoms with van der Waals surface area (Å²) in [6.07, 6.45) is 4.81. The Kier molecular flexibility index (Phi) is 6.84. The quantitative estimate of drug-likeness (QED) is 0.592. The van der Waals surface area contributed by atoms with E-state index < -0.39 is 6.10 Å². The zero-order chi connectivity index (χ0) is 26.7. The van der Waals surface area contributed by atoms with E-state index in [0.29, 0.717) is 24.1 Å². The van der Waals surface area contributed by atoms with Gasteiger partial charge >= 0.3 is 0 Å². The molecule has 0 unspecified atom stereocenters. The standard InChI is InChI=1S/C29H39ClN4O4/c1-28(2)25(22-6-4-5-11-38-22)26(28)27(36)32-24-14-18-13-21(20(30)12-19(18)15-31-24)33-7-9-34(10-8-33)29(3)17-37-16-23(29)35/h12-15,22-23,25-26,35H,4-11,16-17H2,1-3H3,(H,31,32,36)/t22-,23-,25-,26+,29+/m1/s1. The van der Waals surface area contributed by atoms with E-state index in [2.05, 4.69) is 46.9 Å². The van der Waals surface area contributed by atoms with Crippen LogP contribution in [0.3, 0.4) is 0 Å². The van der Waals surface area contributed by atoms with Gasteiger partial charge in [0.15, 0.2) is 0 Å². The van der Waals surface area contributed by atoms with E-state index in [1.54, 1.807) is 6.20 Å². The fourth-order valence-corrected chi connectivity index (χ4v) is 7.29. The number of aromatic nitrogens is 1. The van der Waals surface area contributed by atoms with Crippen LogP contribution in [0.25, 0.3) is 10.8 Å². The third-order valence-electron chi connectivity index (χ3n) is 9.58. The van der Waals surface area contributed by atoms with Crippen molar-refractivity contribution < 1.29 is 19.4 Å². The van der Waals surface area contributed by atoms with Gasteiger partial charge in [-0.3, -0.25) is 9.69 Å². The van der Waals surface area contributed by atoms with Crippen molar-refractivity contribution >= 4 is 39.8 Å². The molecular formula is C29H39ClN4O4. The largest absolute Gasteiger partial charge is 0.389 e. The number of piperazine rings is 1. The van der Waals surface area contributed by atoms with Gasteiger partial charge in [-0.1, -0.05) is 25.4 Å². The van der Waals surface area contributed by atoms with Crippen LogP contribution in [0.2, 0.25) is 5.02 Å². The summed E-state index contributed by atoms with van der Waals surface area (Å²) in [5.74, 6) is 0.782. The summed E-state index contributed by atoms with van der Waals surface area (Å²) >= 11 is 6.72. The molecule has 2 aromatic rings. The van der Waals surface area contributed by atoms with Gasteiger partial charge < -0.3 is 24.8 Å². The van der Waals surface area contributed by atoms with Gasteiger partial charge in [0, 0.05) is 56.2 Å². The van der Waals surface area contributed by atoms with Crippen LogP contribution in [0, 0.1) is 17.3 Å². The number of nitrogens with zero attached hydrogens (tertiary/aromatic N) is 3. The number of halogens is 1. The molecule has 6 rings (SSSR count). The van der Waals surface area contributed by atoms with Crippen LogP contribution in [-0.4, -0.2) is 84.6 Å². The van der Waals surface area contributed by atoms with Gasteiger partial charge in [-0.2, -0.15) is 0 Å². The molecule has 4 fully saturated rings. The Bertz CT molecular complexity index is 1210. The number of ether oxygens (including phenoxy) is 2. The highest BCUT2D eigenvalue weighted by atomic mass is 35.5. The molecule has 0 radical (unpaired) electrons. The lowest BCUT2D eigenvalue weighted by Gasteiger charge is -2.45. The normalized spacial score (nSPS) is 33.4. The van der Waals surface area contributed by atoms with Crippen LogP contribution in [0.5, 0.6) is 0 Å². The number of carbonyl (C=O) groups excluding carboxylic acids is 1. The Hall–Kier alpha value is -1.97. The fourth-order valence-electron chi connectivity index (χ4n) is 7.00. The van der Waals surface area contributed by atoms with Crippen molar-refractivity contribution in [1.29, 1.82) is 0 Å². The van der Waals surface area contributed by atoms with Crippen LogP contribution < -0.4 is 10.2 Å². The van der Waals surface area contributed by atoms with E-state index >= 15 is 0 Å². The lowest BCUT2D eigenvalue weighted by Crippen LogP contribution is -2.60. The average Bonchev–Trinajstić information content (AvgIpc) is 3.34. The lowest BCUT2D eigenvalue weighted by molar-refractivity contribution is -0.118. The van der Waals surface area contributed by atoms with E-state index in [0.717, 1.165) is 62.1 Å². The maximum atomic E-state index is 13.3. The number of carbonyl (C=O) groups is 1. The highest BCUT2D eigenvalue weighted by molar-refractivity contribution is 6.34. The molecule has 1 saturated carbocycles. The van der Waals surface area contributed by atoms with E-state index in [1.807, 2.05) is 12.1 Å². The first-order chi connectivity index (χ1) is 18.2. The maximum absolute atomic E-state index is 13.3. The van der Waals surface area contributed by atoms with Crippen molar-refractivity contribution in [2.45, 2.75) is 57.8 Å². The minimum Gasteiger partial charge on any atom is -0.389 e. The first kappa shape index (κ1) is 26.3. The molecule has 1 aromatic heterocycles. The Labute approximate surface area is 229 Å². The molecule has 1 aromatic carbocycles. The van der Waals surface area contributed by atoms with Crippen molar-refractivity contribution in [2.75, 3.05) is 56.2 Å². The fraction of sp³-hybridized carbons (Fsp3) is 0.655. The Morgan fingerprint density at radius 3 is 2.61 bits per heavy atom. The molecule has 8 nitrogen and oxygen atoms in total. The van der Waals surface area contributed by atoms with E-state index in [-0.39, 0.29) is 34.8 Å². The summed E-state index contributed by atoms with van der Waals surface area (Å²) in [6, 6.07) is 5.99. The molecule has 38 heavy (non-hydrogen) atoms. The highest BCUT2D eigenvalue weighted by Gasteiger charge is 2.64. The monoisotopic (exact) mass is 542 g/mol. The second-order valence-electron chi connectivity index (χ2n) is 12.3. The van der Waals surface area contributed by atoms with Crippen molar-refractivity contribution in [1.82, 2.24) is 9.88 Å². The molecule has 0 bridgehead atoms. The summed E-state index contributed by atoms with van der Waals surface area (Å²) < 4.78 is 11.6. The highest BCUT2D eigenvalue weighted by Crippen LogP contribution is 2.61. The van der Waals surface area contributed by atoms with Crippen LogP contribution in [0.15, 0.2) is 24.4 Å². The lowest BCUT2D eigenvalue weighted by atomic mass is 9.95. The van der Waals surface area contributed by atoms with Gasteiger partial charge in [0.25, 0.3) is 0 Å². The number of nitrogens with one attached hydrogen (secondary N) is 1. The molecule has 1 amide bonds. The molecule has 9 heteroatoms. The predicted octanol–water partition coefficient (Wildman–Crippen LogP) is 3.94. The van der Waals surface area contributed by atoms with Crippen LogP contribution in [0.1, 0.15) is 40.0 Å². The molecule has 3 saturated heterocycles. The molecule has 4 heterocycles. The predicted molar refractivity (Wildman–Crippen MR) is 149 cm³/mol. The molecule has 4 aliphatic rings. The van der Waals surface area contributed by atoms with Crippen LogP contribution in [-0.2, 0) is 14.3 Å². The van der Waals surface area contributed by atoms with Gasteiger partial charge in [-0.15, -0.1) is 0 Å². The Morgan fingerprint density at radius 1 is 1.13 bits per heavy atom. The zero-order valence-electron chi connectivity index (χ0n) is 22.6. The smallest absolute Gasteiger partial charge is 0.229 e. The first-order valence-electron chi connectivity index (χ1n) is 14.0. The molecular weight excluding hydrogens is 504 g/mol. The van der Waals surface area contributed by atoms with Gasteiger partial charge in [-0.05, 0) is 55.2 Å². The number of aliphatic hydroxyl groups is 1. The number of hydrogen-bond donors (Lipinski definition) is 2. The van der Waals surface area contributed by atoms with Gasteiger partial charge in [0.2, 0.25) is 5.91 Å². The van der Waals surface area contributed by atoms with Crippen molar-refractivity contribution in [3.8, 4) is 0 Å². The maximum Gasteiger partial charge on any atom is 0.229 e. The summed E-state index contributed by atoms with van der Waals surface area (Å²) in [5.41, 5.74) is 0.577. The number of benzene rings is 1. The number of rotatable bonds is 5. The number of fused-ring (bicyclic) bond motifs is 1. The van der Waals surface area contributed by atoms with Gasteiger partial charge in [0.05, 0.1) is 41.7 Å². The number of amides is 1. The van der Waals surface area contributed by atoms with Crippen molar-refractivity contribution in [2.24, 2.45) is 17.3 Å². The van der Waals surface area contributed by atoms with Crippen molar-refractivity contribution in [3.05, 3.63) is 29.4 Å². The summed E-state index contributed by atoms with van der Waals surface area (Å²) in [5, 5.41) is 16.1. The van der Waals surface area contributed by atoms with Gasteiger partial charge in [-0.25, -0.2) is 4.98 Å². The number of aliphatic hydroxyl groups excluding tert-OH is 1. The summed E-state index contributed by atoms with van der Waals surface area (Å²) in [7, 11) is 0. The molecule has 1 aliphatic carbocycles. The van der Waals surface area contributed by atoms with Gasteiger partial charge in [0.1, 0.15) is 5.82 Å². The Balaban J connectivity index is 1.15. The number of pyridine rings is 1. The minimum atomic E-state index is -0.467. The van der Waals surface area contributed by atoms with Crippen molar-refractivity contribution in [3.63, 3.8) is 0 Å². The van der Waals surface area contributed by atoms with E-state index in [4.69, 9.17) is 21.1 Å². The Morgan fingerprint density at radius 2 is 1.92 bits per heavy atom. The van der Waals surface area contributed by atoms with Crippen LogP contribution in [0.4, 0.5) is 11.5 Å². The average molecular weight is 543 g/mol.